The average molecular weight is 373 g/mol. The summed E-state index contributed by atoms with van der Waals surface area (Å²) in [6, 6.07) is 3.20. The lowest BCUT2D eigenvalue weighted by Crippen LogP contribution is -2.44. The minimum atomic E-state index is -0.837. The Hall–Kier alpha value is -1.63. The first-order chi connectivity index (χ1) is 9.89. The molecular formula is C15H21BrN2O4. The first-order valence-corrected chi connectivity index (χ1v) is 7.56. The van der Waals surface area contributed by atoms with Crippen LogP contribution in [-0.4, -0.2) is 28.4 Å². The fraction of sp³-hybridized carbons (Fsp3) is 0.533. The SMILES string of the molecule is CC(C)(C)OC(=O)N(C(=O)OC(C)(C)C)c1ccc(Br)cn1. The fourth-order valence-electron chi connectivity index (χ4n) is 1.38. The van der Waals surface area contributed by atoms with Crippen molar-refractivity contribution in [2.45, 2.75) is 52.7 Å². The highest BCUT2D eigenvalue weighted by atomic mass is 79.9. The number of aromatic nitrogens is 1. The highest BCUT2D eigenvalue weighted by Crippen LogP contribution is 2.21. The number of hydrogen-bond donors (Lipinski definition) is 0. The van der Waals surface area contributed by atoms with Gasteiger partial charge in [-0.25, -0.2) is 14.6 Å². The van der Waals surface area contributed by atoms with Crippen molar-refractivity contribution in [3.63, 3.8) is 0 Å². The van der Waals surface area contributed by atoms with Gasteiger partial charge in [-0.1, -0.05) is 0 Å². The van der Waals surface area contributed by atoms with Crippen molar-refractivity contribution < 1.29 is 19.1 Å². The van der Waals surface area contributed by atoms with E-state index in [1.807, 2.05) is 0 Å². The highest BCUT2D eigenvalue weighted by Gasteiger charge is 2.33. The Morgan fingerprint density at radius 1 is 1.00 bits per heavy atom. The van der Waals surface area contributed by atoms with Crippen molar-refractivity contribution >= 4 is 33.9 Å². The number of nitrogens with zero attached hydrogens (tertiary/aromatic N) is 2. The maximum absolute atomic E-state index is 12.3. The van der Waals surface area contributed by atoms with Crippen LogP contribution in [0.4, 0.5) is 15.4 Å². The summed E-state index contributed by atoms with van der Waals surface area (Å²) in [5.74, 6) is 0.131. The molecule has 0 fully saturated rings. The van der Waals surface area contributed by atoms with Crippen LogP contribution in [0.5, 0.6) is 0 Å². The third-order valence-corrected chi connectivity index (χ3v) is 2.56. The van der Waals surface area contributed by atoms with Gasteiger partial charge >= 0.3 is 12.2 Å². The molecule has 0 unspecified atom stereocenters. The molecule has 1 rings (SSSR count). The maximum atomic E-state index is 12.3. The van der Waals surface area contributed by atoms with E-state index in [0.717, 1.165) is 9.37 Å². The molecule has 0 atom stereocenters. The summed E-state index contributed by atoms with van der Waals surface area (Å²) in [6.07, 6.45) is -0.190. The van der Waals surface area contributed by atoms with Crippen LogP contribution in [0, 0.1) is 0 Å². The first kappa shape index (κ1) is 18.4. The van der Waals surface area contributed by atoms with Crippen LogP contribution in [0.3, 0.4) is 0 Å². The van der Waals surface area contributed by atoms with Crippen molar-refractivity contribution in [2.24, 2.45) is 0 Å². The molecule has 6 nitrogen and oxygen atoms in total. The van der Waals surface area contributed by atoms with Crippen LogP contribution in [0.25, 0.3) is 0 Å². The molecule has 2 amide bonds. The minimum absolute atomic E-state index is 0.131. The van der Waals surface area contributed by atoms with Crippen molar-refractivity contribution in [1.82, 2.24) is 4.98 Å². The number of hydrogen-bond acceptors (Lipinski definition) is 5. The van der Waals surface area contributed by atoms with E-state index in [-0.39, 0.29) is 5.82 Å². The van der Waals surface area contributed by atoms with Gasteiger partial charge in [0, 0.05) is 10.7 Å². The number of ether oxygens (including phenoxy) is 2. The molecule has 1 aromatic heterocycles. The number of rotatable bonds is 1. The molecule has 1 aromatic rings. The number of pyridine rings is 1. The van der Waals surface area contributed by atoms with Gasteiger partial charge in [-0.05, 0) is 69.6 Å². The Kier molecular flexibility index (Phi) is 5.56. The van der Waals surface area contributed by atoms with Crippen molar-refractivity contribution in [3.05, 3.63) is 22.8 Å². The minimum Gasteiger partial charge on any atom is -0.443 e. The van der Waals surface area contributed by atoms with Gasteiger partial charge in [0.15, 0.2) is 0 Å². The molecule has 0 bridgehead atoms. The molecule has 0 N–H and O–H groups in total. The molecule has 0 aliphatic rings. The number of carbonyl (C=O) groups is 2. The molecule has 0 spiro atoms. The Bertz CT molecular complexity index is 516. The molecule has 0 saturated heterocycles. The molecular weight excluding hydrogens is 352 g/mol. The Morgan fingerprint density at radius 2 is 1.45 bits per heavy atom. The van der Waals surface area contributed by atoms with Gasteiger partial charge in [-0.3, -0.25) is 0 Å². The summed E-state index contributed by atoms with van der Waals surface area (Å²) in [4.78, 5) is 29.5. The van der Waals surface area contributed by atoms with Gasteiger partial charge in [0.1, 0.15) is 17.0 Å². The molecule has 0 saturated carbocycles. The third kappa shape index (κ3) is 6.01. The Balaban J connectivity index is 3.12. The zero-order valence-corrected chi connectivity index (χ0v) is 15.2. The van der Waals surface area contributed by atoms with E-state index in [2.05, 4.69) is 20.9 Å². The predicted octanol–water partition coefficient (Wildman–Crippen LogP) is 4.52. The Morgan fingerprint density at radius 3 is 1.77 bits per heavy atom. The van der Waals surface area contributed by atoms with E-state index < -0.39 is 23.4 Å². The molecule has 122 valence electrons. The first-order valence-electron chi connectivity index (χ1n) is 6.77. The van der Waals surface area contributed by atoms with E-state index in [4.69, 9.17) is 9.47 Å². The van der Waals surface area contributed by atoms with Crippen LogP contribution >= 0.6 is 15.9 Å². The smallest absolute Gasteiger partial charge is 0.425 e. The third-order valence-electron chi connectivity index (χ3n) is 2.09. The van der Waals surface area contributed by atoms with Crippen LogP contribution in [0.1, 0.15) is 41.5 Å². The number of halogens is 1. The number of carbonyl (C=O) groups excluding carboxylic acids is 2. The van der Waals surface area contributed by atoms with Crippen LogP contribution in [-0.2, 0) is 9.47 Å². The Labute approximate surface area is 138 Å². The monoisotopic (exact) mass is 372 g/mol. The summed E-state index contributed by atoms with van der Waals surface area (Å²) in [5.41, 5.74) is -1.49. The number of amides is 2. The second-order valence-electron chi connectivity index (χ2n) is 6.63. The van der Waals surface area contributed by atoms with Gasteiger partial charge in [-0.2, -0.15) is 4.90 Å². The fourth-order valence-corrected chi connectivity index (χ4v) is 1.61. The van der Waals surface area contributed by atoms with Crippen molar-refractivity contribution in [3.8, 4) is 0 Å². The molecule has 0 aliphatic heterocycles. The van der Waals surface area contributed by atoms with Crippen LogP contribution in [0.15, 0.2) is 22.8 Å². The van der Waals surface area contributed by atoms with Crippen molar-refractivity contribution in [1.29, 1.82) is 0 Å². The van der Waals surface area contributed by atoms with E-state index in [0.29, 0.717) is 0 Å². The van der Waals surface area contributed by atoms with Gasteiger partial charge in [0.05, 0.1) is 0 Å². The lowest BCUT2D eigenvalue weighted by Gasteiger charge is -2.28. The standard InChI is InChI=1S/C15H21BrN2O4/c1-14(2,3)21-12(19)18(13(20)22-15(4,5)6)11-8-7-10(16)9-17-11/h7-9H,1-6H3. The quantitative estimate of drug-likeness (QED) is 0.724. The lowest BCUT2D eigenvalue weighted by atomic mass is 10.2. The zero-order valence-electron chi connectivity index (χ0n) is 13.6. The van der Waals surface area contributed by atoms with Gasteiger partial charge in [0.2, 0.25) is 0 Å². The largest absolute Gasteiger partial charge is 0.443 e. The molecule has 22 heavy (non-hydrogen) atoms. The summed E-state index contributed by atoms with van der Waals surface area (Å²) in [7, 11) is 0. The normalized spacial score (nSPS) is 11.8. The summed E-state index contributed by atoms with van der Waals surface area (Å²) in [5, 5.41) is 0. The average Bonchev–Trinajstić information content (AvgIpc) is 2.27. The molecule has 0 aliphatic carbocycles. The number of anilines is 1. The van der Waals surface area contributed by atoms with Gasteiger partial charge < -0.3 is 9.47 Å². The van der Waals surface area contributed by atoms with Gasteiger partial charge in [-0.15, -0.1) is 0 Å². The summed E-state index contributed by atoms with van der Waals surface area (Å²) < 4.78 is 11.2. The topological polar surface area (TPSA) is 68.7 Å². The second kappa shape index (κ2) is 6.64. The van der Waals surface area contributed by atoms with Crippen molar-refractivity contribution in [2.75, 3.05) is 4.90 Å². The second-order valence-corrected chi connectivity index (χ2v) is 7.55. The van der Waals surface area contributed by atoms with Gasteiger partial charge in [0.25, 0.3) is 0 Å². The lowest BCUT2D eigenvalue weighted by molar-refractivity contribution is 0.0429. The molecule has 1 heterocycles. The summed E-state index contributed by atoms with van der Waals surface area (Å²) >= 11 is 3.25. The zero-order chi connectivity index (χ0) is 17.1. The van der Waals surface area contributed by atoms with E-state index in [1.54, 1.807) is 47.6 Å². The molecule has 7 heteroatoms. The maximum Gasteiger partial charge on any atom is 0.425 e. The molecule has 0 aromatic carbocycles. The van der Waals surface area contributed by atoms with E-state index >= 15 is 0 Å². The highest BCUT2D eigenvalue weighted by molar-refractivity contribution is 9.10. The van der Waals surface area contributed by atoms with E-state index in [9.17, 15) is 9.59 Å². The van der Waals surface area contributed by atoms with Crippen LogP contribution < -0.4 is 4.90 Å². The summed E-state index contributed by atoms with van der Waals surface area (Å²) in [6.45, 7) is 10.3. The number of imide groups is 1. The van der Waals surface area contributed by atoms with E-state index in [1.165, 1.54) is 12.3 Å². The van der Waals surface area contributed by atoms with Crippen LogP contribution in [0.2, 0.25) is 0 Å². The molecule has 0 radical (unpaired) electrons. The predicted molar refractivity (Wildman–Crippen MR) is 86.9 cm³/mol.